The number of H-pyrrole nitrogens is 1. The van der Waals surface area contributed by atoms with Crippen molar-refractivity contribution in [1.29, 1.82) is 0 Å². The average Bonchev–Trinajstić information content (AvgIpc) is 2.83. The maximum atomic E-state index is 12.9. The Bertz CT molecular complexity index is 650. The molecule has 0 spiro atoms. The SMILES string of the molecule is CC(C)c1ccccc1Cc1[nH]nc(C(F)F)c1C(N)=O. The van der Waals surface area contributed by atoms with Crippen molar-refractivity contribution in [2.45, 2.75) is 32.6 Å². The molecule has 0 bridgehead atoms. The number of carbonyl (C=O) groups excluding carboxylic acids is 1. The van der Waals surface area contributed by atoms with E-state index >= 15 is 0 Å². The number of amides is 1. The number of primary amides is 1. The highest BCUT2D eigenvalue weighted by Crippen LogP contribution is 2.26. The largest absolute Gasteiger partial charge is 0.365 e. The van der Waals surface area contributed by atoms with Gasteiger partial charge in [-0.3, -0.25) is 9.89 Å². The third-order valence-electron chi connectivity index (χ3n) is 3.37. The van der Waals surface area contributed by atoms with Gasteiger partial charge in [-0.25, -0.2) is 8.78 Å². The molecule has 0 fully saturated rings. The Labute approximate surface area is 121 Å². The lowest BCUT2D eigenvalue weighted by atomic mass is 9.93. The van der Waals surface area contributed by atoms with Crippen molar-refractivity contribution >= 4 is 5.91 Å². The molecule has 4 nitrogen and oxygen atoms in total. The molecule has 112 valence electrons. The number of aromatic amines is 1. The fourth-order valence-corrected chi connectivity index (χ4v) is 2.40. The molecular weight excluding hydrogens is 276 g/mol. The summed E-state index contributed by atoms with van der Waals surface area (Å²) in [5.41, 5.74) is 6.81. The molecule has 2 rings (SSSR count). The van der Waals surface area contributed by atoms with Gasteiger partial charge < -0.3 is 5.73 Å². The normalized spacial score (nSPS) is 11.3. The van der Waals surface area contributed by atoms with Crippen LogP contribution in [0.25, 0.3) is 0 Å². The van der Waals surface area contributed by atoms with E-state index in [4.69, 9.17) is 5.73 Å². The third kappa shape index (κ3) is 3.09. The number of benzene rings is 1. The summed E-state index contributed by atoms with van der Waals surface area (Å²) in [6, 6.07) is 7.68. The Morgan fingerprint density at radius 1 is 1.33 bits per heavy atom. The zero-order valence-electron chi connectivity index (χ0n) is 11.9. The van der Waals surface area contributed by atoms with Crippen LogP contribution in [0.4, 0.5) is 8.78 Å². The van der Waals surface area contributed by atoms with Gasteiger partial charge in [-0.2, -0.15) is 5.10 Å². The van der Waals surface area contributed by atoms with Crippen LogP contribution in [0.1, 0.15) is 59.1 Å². The first-order valence-corrected chi connectivity index (χ1v) is 6.64. The molecule has 0 aliphatic carbocycles. The van der Waals surface area contributed by atoms with Crippen LogP contribution in [0.2, 0.25) is 0 Å². The number of rotatable bonds is 5. The van der Waals surface area contributed by atoms with Gasteiger partial charge >= 0.3 is 0 Å². The Balaban J connectivity index is 2.43. The zero-order valence-corrected chi connectivity index (χ0v) is 11.9. The van der Waals surface area contributed by atoms with Crippen LogP contribution >= 0.6 is 0 Å². The molecule has 0 saturated heterocycles. The average molecular weight is 293 g/mol. The molecule has 0 radical (unpaired) electrons. The van der Waals surface area contributed by atoms with E-state index in [1.807, 2.05) is 38.1 Å². The molecule has 0 atom stereocenters. The first-order chi connectivity index (χ1) is 9.91. The van der Waals surface area contributed by atoms with Crippen LogP contribution in [-0.4, -0.2) is 16.1 Å². The van der Waals surface area contributed by atoms with Gasteiger partial charge in [0.2, 0.25) is 0 Å². The summed E-state index contributed by atoms with van der Waals surface area (Å²) in [7, 11) is 0. The number of alkyl halides is 2. The highest BCUT2D eigenvalue weighted by atomic mass is 19.3. The minimum absolute atomic E-state index is 0.205. The lowest BCUT2D eigenvalue weighted by molar-refractivity contribution is 0.0984. The van der Waals surface area contributed by atoms with Gasteiger partial charge in [-0.05, 0) is 17.0 Å². The molecule has 3 N–H and O–H groups in total. The van der Waals surface area contributed by atoms with Crippen LogP contribution in [0.5, 0.6) is 0 Å². The Kier molecular flexibility index (Phi) is 4.35. The number of carbonyl (C=O) groups is 1. The van der Waals surface area contributed by atoms with Gasteiger partial charge in [0.25, 0.3) is 12.3 Å². The van der Waals surface area contributed by atoms with Gasteiger partial charge in [0.05, 0.1) is 11.3 Å². The van der Waals surface area contributed by atoms with E-state index in [1.54, 1.807) is 0 Å². The van der Waals surface area contributed by atoms with Gasteiger partial charge in [0.15, 0.2) is 0 Å². The summed E-state index contributed by atoms with van der Waals surface area (Å²) in [5.74, 6) is -0.605. The Hall–Kier alpha value is -2.24. The van der Waals surface area contributed by atoms with Crippen molar-refractivity contribution in [3.63, 3.8) is 0 Å². The van der Waals surface area contributed by atoms with Crippen LogP contribution in [-0.2, 0) is 6.42 Å². The summed E-state index contributed by atoms with van der Waals surface area (Å²) in [6.07, 6.45) is -2.52. The Morgan fingerprint density at radius 3 is 2.57 bits per heavy atom. The summed E-state index contributed by atoms with van der Waals surface area (Å²) in [4.78, 5) is 11.4. The lowest BCUT2D eigenvalue weighted by Gasteiger charge is -2.12. The zero-order chi connectivity index (χ0) is 15.6. The number of nitrogens with one attached hydrogen (secondary N) is 1. The molecule has 6 heteroatoms. The molecule has 2 aromatic rings. The van der Waals surface area contributed by atoms with Gasteiger partial charge in [0, 0.05) is 6.42 Å². The number of hydrogen-bond acceptors (Lipinski definition) is 2. The van der Waals surface area contributed by atoms with Crippen LogP contribution < -0.4 is 5.73 Å². The second-order valence-electron chi connectivity index (χ2n) is 5.16. The molecule has 1 amide bonds. The standard InChI is InChI=1S/C15H17F2N3O/c1-8(2)10-6-4-3-5-9(10)7-11-12(15(18)21)13(14(16)17)20-19-11/h3-6,8,14H,7H2,1-2H3,(H2,18,21)(H,19,20). The predicted molar refractivity (Wildman–Crippen MR) is 75.4 cm³/mol. The fraction of sp³-hybridized carbons (Fsp3) is 0.333. The number of nitrogens with two attached hydrogens (primary N) is 1. The van der Waals surface area contributed by atoms with Crippen LogP contribution in [0.15, 0.2) is 24.3 Å². The van der Waals surface area contributed by atoms with E-state index in [0.717, 1.165) is 11.1 Å². The van der Waals surface area contributed by atoms with Gasteiger partial charge in [-0.1, -0.05) is 38.1 Å². The molecule has 1 heterocycles. The fourth-order valence-electron chi connectivity index (χ4n) is 2.40. The monoisotopic (exact) mass is 293 g/mol. The summed E-state index contributed by atoms with van der Waals surface area (Å²) >= 11 is 0. The maximum Gasteiger partial charge on any atom is 0.282 e. The minimum atomic E-state index is -2.84. The topological polar surface area (TPSA) is 71.8 Å². The number of aromatic nitrogens is 2. The van der Waals surface area contributed by atoms with Crippen LogP contribution in [0, 0.1) is 0 Å². The van der Waals surface area contributed by atoms with Crippen molar-refractivity contribution in [2.24, 2.45) is 5.73 Å². The maximum absolute atomic E-state index is 12.9. The van der Waals surface area contributed by atoms with Crippen molar-refractivity contribution < 1.29 is 13.6 Å². The first kappa shape index (κ1) is 15.2. The van der Waals surface area contributed by atoms with Crippen molar-refractivity contribution in [3.8, 4) is 0 Å². The minimum Gasteiger partial charge on any atom is -0.365 e. The van der Waals surface area contributed by atoms with Gasteiger partial charge in [-0.15, -0.1) is 0 Å². The number of hydrogen-bond donors (Lipinski definition) is 2. The van der Waals surface area contributed by atoms with Crippen molar-refractivity contribution in [2.75, 3.05) is 0 Å². The summed E-state index contributed by atoms with van der Waals surface area (Å²) in [6.45, 7) is 4.09. The van der Waals surface area contributed by atoms with E-state index in [2.05, 4.69) is 10.2 Å². The predicted octanol–water partition coefficient (Wildman–Crippen LogP) is 3.16. The van der Waals surface area contributed by atoms with E-state index in [9.17, 15) is 13.6 Å². The van der Waals surface area contributed by atoms with Crippen molar-refractivity contribution in [1.82, 2.24) is 10.2 Å². The number of halogens is 2. The second-order valence-corrected chi connectivity index (χ2v) is 5.16. The smallest absolute Gasteiger partial charge is 0.282 e. The number of nitrogens with zero attached hydrogens (tertiary/aromatic N) is 1. The van der Waals surface area contributed by atoms with E-state index < -0.39 is 18.0 Å². The highest BCUT2D eigenvalue weighted by Gasteiger charge is 2.25. The molecule has 0 saturated carbocycles. The van der Waals surface area contributed by atoms with Crippen molar-refractivity contribution in [3.05, 3.63) is 52.3 Å². The second kappa shape index (κ2) is 6.03. The third-order valence-corrected chi connectivity index (χ3v) is 3.37. The summed E-state index contributed by atoms with van der Waals surface area (Å²) in [5, 5.41) is 6.05. The summed E-state index contributed by atoms with van der Waals surface area (Å²) < 4.78 is 25.7. The molecule has 1 aromatic carbocycles. The molecule has 0 aliphatic heterocycles. The quantitative estimate of drug-likeness (QED) is 0.888. The molecule has 0 aliphatic rings. The lowest BCUT2D eigenvalue weighted by Crippen LogP contribution is -2.15. The van der Waals surface area contributed by atoms with Gasteiger partial charge in [0.1, 0.15) is 5.69 Å². The van der Waals surface area contributed by atoms with E-state index in [-0.39, 0.29) is 11.5 Å². The highest BCUT2D eigenvalue weighted by molar-refractivity contribution is 5.95. The van der Waals surface area contributed by atoms with E-state index in [1.165, 1.54) is 0 Å². The first-order valence-electron chi connectivity index (χ1n) is 6.64. The molecular formula is C15H17F2N3O. The molecule has 1 aromatic heterocycles. The Morgan fingerprint density at radius 2 is 2.00 bits per heavy atom. The van der Waals surface area contributed by atoms with Crippen LogP contribution in [0.3, 0.4) is 0 Å². The molecule has 21 heavy (non-hydrogen) atoms. The van der Waals surface area contributed by atoms with E-state index in [0.29, 0.717) is 12.1 Å². The molecule has 0 unspecified atom stereocenters.